The Morgan fingerprint density at radius 3 is 2.44 bits per heavy atom. The molecule has 8 heteroatoms. The van der Waals surface area contributed by atoms with Crippen molar-refractivity contribution in [2.75, 3.05) is 11.3 Å². The molecule has 3 rings (SSSR count). The average Bonchev–Trinajstić information content (AvgIpc) is 2.73. The zero-order valence-electron chi connectivity index (χ0n) is 18.7. The van der Waals surface area contributed by atoms with Gasteiger partial charge in [-0.15, -0.1) is 0 Å². The number of ether oxygens (including phenoxy) is 1. The van der Waals surface area contributed by atoms with Crippen molar-refractivity contribution < 1.29 is 22.7 Å². The zero-order chi connectivity index (χ0) is 23.3. The number of aryl methyl sites for hydroxylation is 2. The van der Waals surface area contributed by atoms with Gasteiger partial charge in [0.15, 0.2) is 6.61 Å². The molecule has 0 aromatic heterocycles. The molecule has 0 bridgehead atoms. The molecule has 1 aliphatic rings. The van der Waals surface area contributed by atoms with Gasteiger partial charge in [0.05, 0.1) is 10.5 Å². The maximum absolute atomic E-state index is 12.9. The highest BCUT2D eigenvalue weighted by Crippen LogP contribution is 2.24. The normalized spacial score (nSPS) is 18.6. The van der Waals surface area contributed by atoms with E-state index in [0.717, 1.165) is 31.2 Å². The summed E-state index contributed by atoms with van der Waals surface area (Å²) in [7, 11) is -3.91. The maximum atomic E-state index is 12.9. The van der Waals surface area contributed by atoms with Gasteiger partial charge in [0.25, 0.3) is 15.9 Å². The fraction of sp³-hybridized carbons (Fsp3) is 0.417. The third-order valence-corrected chi connectivity index (χ3v) is 7.22. The Hall–Kier alpha value is -2.87. The predicted molar refractivity (Wildman–Crippen MR) is 123 cm³/mol. The van der Waals surface area contributed by atoms with Crippen molar-refractivity contribution in [3.05, 3.63) is 59.2 Å². The van der Waals surface area contributed by atoms with Crippen LogP contribution in [-0.2, 0) is 19.6 Å². The summed E-state index contributed by atoms with van der Waals surface area (Å²) >= 11 is 0. The minimum Gasteiger partial charge on any atom is -0.452 e. The van der Waals surface area contributed by atoms with Gasteiger partial charge in [-0.25, -0.2) is 13.2 Å². The van der Waals surface area contributed by atoms with Crippen molar-refractivity contribution in [3.8, 4) is 0 Å². The molecule has 0 spiro atoms. The van der Waals surface area contributed by atoms with Crippen molar-refractivity contribution in [2.24, 2.45) is 5.92 Å². The van der Waals surface area contributed by atoms with Gasteiger partial charge in [-0.05, 0) is 80.8 Å². The van der Waals surface area contributed by atoms with Crippen LogP contribution in [0.25, 0.3) is 0 Å². The van der Waals surface area contributed by atoms with E-state index in [1.54, 1.807) is 31.2 Å². The topological polar surface area (TPSA) is 102 Å². The van der Waals surface area contributed by atoms with E-state index >= 15 is 0 Å². The number of carbonyl (C=O) groups is 2. The lowest BCUT2D eigenvalue weighted by Gasteiger charge is -2.26. The van der Waals surface area contributed by atoms with Crippen LogP contribution in [0.15, 0.2) is 47.4 Å². The first-order chi connectivity index (χ1) is 15.1. The van der Waals surface area contributed by atoms with Crippen molar-refractivity contribution >= 4 is 27.6 Å². The van der Waals surface area contributed by atoms with Crippen molar-refractivity contribution in [3.63, 3.8) is 0 Å². The summed E-state index contributed by atoms with van der Waals surface area (Å²) in [6.45, 7) is 5.32. The van der Waals surface area contributed by atoms with E-state index in [1.165, 1.54) is 12.1 Å². The van der Waals surface area contributed by atoms with Gasteiger partial charge < -0.3 is 10.1 Å². The molecule has 0 saturated heterocycles. The van der Waals surface area contributed by atoms with E-state index in [4.69, 9.17) is 4.74 Å². The van der Waals surface area contributed by atoms with Crippen LogP contribution in [0.4, 0.5) is 5.69 Å². The van der Waals surface area contributed by atoms with E-state index < -0.39 is 22.6 Å². The van der Waals surface area contributed by atoms with E-state index in [9.17, 15) is 18.0 Å². The van der Waals surface area contributed by atoms with Gasteiger partial charge in [0.1, 0.15) is 0 Å². The van der Waals surface area contributed by atoms with Gasteiger partial charge in [-0.3, -0.25) is 9.52 Å². The molecule has 1 amide bonds. The number of amides is 1. The third kappa shape index (κ3) is 6.32. The fourth-order valence-electron chi connectivity index (χ4n) is 3.82. The van der Waals surface area contributed by atoms with Crippen LogP contribution in [0.2, 0.25) is 0 Å². The number of nitrogens with one attached hydrogen (secondary N) is 2. The molecular formula is C24H30N2O5S. The molecule has 1 saturated carbocycles. The van der Waals surface area contributed by atoms with Crippen molar-refractivity contribution in [2.45, 2.75) is 57.4 Å². The minimum absolute atomic E-state index is 0.0192. The largest absolute Gasteiger partial charge is 0.452 e. The molecule has 2 aromatic carbocycles. The Morgan fingerprint density at radius 1 is 1.03 bits per heavy atom. The number of sulfonamides is 1. The third-order valence-electron chi connectivity index (χ3n) is 5.70. The number of rotatable bonds is 7. The molecular weight excluding hydrogens is 428 g/mol. The molecule has 0 atom stereocenters. The quantitative estimate of drug-likeness (QED) is 0.612. The molecule has 0 radical (unpaired) electrons. The second-order valence-corrected chi connectivity index (χ2v) is 10.2. The Labute approximate surface area is 189 Å². The summed E-state index contributed by atoms with van der Waals surface area (Å²) in [4.78, 5) is 24.6. The van der Waals surface area contributed by atoms with Crippen LogP contribution < -0.4 is 10.0 Å². The lowest BCUT2D eigenvalue weighted by Crippen LogP contribution is -2.39. The fourth-order valence-corrected chi connectivity index (χ4v) is 5.14. The highest BCUT2D eigenvalue weighted by Gasteiger charge is 2.22. The van der Waals surface area contributed by atoms with Gasteiger partial charge in [0, 0.05) is 11.7 Å². The first-order valence-corrected chi connectivity index (χ1v) is 12.3. The summed E-state index contributed by atoms with van der Waals surface area (Å²) in [5.41, 5.74) is 1.91. The number of hydrogen-bond acceptors (Lipinski definition) is 5. The first-order valence-electron chi connectivity index (χ1n) is 10.8. The molecule has 172 valence electrons. The van der Waals surface area contributed by atoms with Crippen molar-refractivity contribution in [1.29, 1.82) is 0 Å². The van der Waals surface area contributed by atoms with Crippen LogP contribution in [0, 0.1) is 19.8 Å². The standard InChI is InChI=1S/C24H30N2O5S/c1-16-7-11-20(12-8-16)25-23(27)15-31-24(28)19-10-9-18(3)22(14-19)32(29,30)26-21-6-4-5-17(2)13-21/h4-6,9-10,13-14,16,20,26H,7-8,11-12,15H2,1-3H3,(H,25,27). The number of carbonyl (C=O) groups excluding carboxylic acids is 2. The monoisotopic (exact) mass is 458 g/mol. The molecule has 1 fully saturated rings. The molecule has 1 aliphatic carbocycles. The van der Waals surface area contributed by atoms with Gasteiger partial charge in [0.2, 0.25) is 0 Å². The Balaban J connectivity index is 1.64. The molecule has 0 heterocycles. The van der Waals surface area contributed by atoms with E-state index in [-0.39, 0.29) is 22.4 Å². The SMILES string of the molecule is Cc1cccc(NS(=O)(=O)c2cc(C(=O)OCC(=O)NC3CCC(C)CC3)ccc2C)c1. The zero-order valence-corrected chi connectivity index (χ0v) is 19.5. The van der Waals surface area contributed by atoms with E-state index in [1.807, 2.05) is 13.0 Å². The number of benzene rings is 2. The second-order valence-electron chi connectivity index (χ2n) is 8.56. The van der Waals surface area contributed by atoms with Crippen LogP contribution >= 0.6 is 0 Å². The lowest BCUT2D eigenvalue weighted by molar-refractivity contribution is -0.125. The van der Waals surface area contributed by atoms with Crippen LogP contribution in [-0.4, -0.2) is 32.9 Å². The average molecular weight is 459 g/mol. The second kappa shape index (κ2) is 10.2. The lowest BCUT2D eigenvalue weighted by atomic mass is 9.87. The van der Waals surface area contributed by atoms with E-state index in [0.29, 0.717) is 17.2 Å². The molecule has 7 nitrogen and oxygen atoms in total. The highest BCUT2D eigenvalue weighted by molar-refractivity contribution is 7.92. The molecule has 32 heavy (non-hydrogen) atoms. The van der Waals surface area contributed by atoms with Gasteiger partial charge in [-0.2, -0.15) is 0 Å². The van der Waals surface area contributed by atoms with Crippen LogP contribution in [0.1, 0.15) is 54.1 Å². The maximum Gasteiger partial charge on any atom is 0.338 e. The Bertz CT molecular complexity index is 1090. The number of anilines is 1. The number of hydrogen-bond donors (Lipinski definition) is 2. The summed E-state index contributed by atoms with van der Waals surface area (Å²) in [6.07, 6.45) is 3.99. The molecule has 2 N–H and O–H groups in total. The number of esters is 1. The molecule has 2 aromatic rings. The summed E-state index contributed by atoms with van der Waals surface area (Å²) < 4.78 is 33.4. The van der Waals surface area contributed by atoms with Crippen molar-refractivity contribution in [1.82, 2.24) is 5.32 Å². The predicted octanol–water partition coefficient (Wildman–Crippen LogP) is 3.96. The summed E-state index contributed by atoms with van der Waals surface area (Å²) in [6, 6.07) is 11.4. The molecule has 0 aliphatic heterocycles. The first kappa shape index (κ1) is 23.8. The van der Waals surface area contributed by atoms with Crippen LogP contribution in [0.3, 0.4) is 0 Å². The smallest absolute Gasteiger partial charge is 0.338 e. The van der Waals surface area contributed by atoms with Crippen LogP contribution in [0.5, 0.6) is 0 Å². The molecule has 0 unspecified atom stereocenters. The summed E-state index contributed by atoms with van der Waals surface area (Å²) in [5, 5.41) is 2.90. The Morgan fingerprint density at radius 2 is 1.75 bits per heavy atom. The Kier molecular flexibility index (Phi) is 7.56. The van der Waals surface area contributed by atoms with Gasteiger partial charge >= 0.3 is 5.97 Å². The van der Waals surface area contributed by atoms with Gasteiger partial charge in [-0.1, -0.05) is 25.1 Å². The highest BCUT2D eigenvalue weighted by atomic mass is 32.2. The summed E-state index contributed by atoms with van der Waals surface area (Å²) in [5.74, 6) is -0.420. The van der Waals surface area contributed by atoms with E-state index in [2.05, 4.69) is 17.0 Å². The minimum atomic E-state index is -3.91.